The number of aliphatic hydroxyl groups is 10. The Balaban J connectivity index is 4.56. The second kappa shape index (κ2) is 23.4. The second-order valence-electron chi connectivity index (χ2n) is 11.1. The molecular formula is C26H53N3O16. The molecule has 19 heteroatoms. The molecule has 0 radical (unpaired) electrons. The first-order valence-corrected chi connectivity index (χ1v) is 14.5. The average Bonchev–Trinajstić information content (AvgIpc) is 2.98. The summed E-state index contributed by atoms with van der Waals surface area (Å²) < 4.78 is 20.6. The summed E-state index contributed by atoms with van der Waals surface area (Å²) in [4.78, 5) is 24.7. The zero-order chi connectivity index (χ0) is 34.6. The van der Waals surface area contributed by atoms with Crippen molar-refractivity contribution in [1.82, 2.24) is 15.5 Å². The van der Waals surface area contributed by atoms with Gasteiger partial charge in [-0.05, 0) is 20.8 Å². The summed E-state index contributed by atoms with van der Waals surface area (Å²) in [6.07, 6.45) is -16.1. The molecule has 12 N–H and O–H groups in total. The van der Waals surface area contributed by atoms with E-state index in [1.165, 1.54) is 4.90 Å². The first-order valence-electron chi connectivity index (χ1n) is 14.5. The molecule has 0 heterocycles. The van der Waals surface area contributed by atoms with Crippen LogP contribution in [-0.2, 0) is 18.9 Å². The van der Waals surface area contributed by atoms with Gasteiger partial charge in [0.25, 0.3) is 0 Å². The van der Waals surface area contributed by atoms with Crippen molar-refractivity contribution in [2.24, 2.45) is 0 Å². The zero-order valence-electron chi connectivity index (χ0n) is 26.0. The van der Waals surface area contributed by atoms with E-state index in [4.69, 9.17) is 29.2 Å². The third-order valence-electron chi connectivity index (χ3n) is 5.99. The predicted octanol–water partition coefficient (Wildman–Crippen LogP) is -5.56. The number of carbonyl (C=O) groups is 2. The minimum absolute atomic E-state index is 0.0528. The molecule has 0 aromatic heterocycles. The van der Waals surface area contributed by atoms with Crippen LogP contribution in [0, 0.1) is 0 Å². The fourth-order valence-corrected chi connectivity index (χ4v) is 3.55. The number of nitrogens with one attached hydrogen (secondary N) is 2. The number of amides is 2. The van der Waals surface area contributed by atoms with Crippen LogP contribution in [0.2, 0.25) is 0 Å². The number of carbonyl (C=O) groups excluding carboxylic acids is 2. The lowest BCUT2D eigenvalue weighted by Gasteiger charge is -2.33. The Morgan fingerprint density at radius 3 is 1.51 bits per heavy atom. The molecule has 0 spiro atoms. The fourth-order valence-electron chi connectivity index (χ4n) is 3.55. The molecule has 0 saturated carbocycles. The number of rotatable bonds is 24. The normalized spacial score (nSPS) is 17.5. The van der Waals surface area contributed by atoms with Gasteiger partial charge in [-0.2, -0.15) is 0 Å². The summed E-state index contributed by atoms with van der Waals surface area (Å²) in [5, 5.41) is 103. The second-order valence-corrected chi connectivity index (χ2v) is 11.1. The van der Waals surface area contributed by atoms with Gasteiger partial charge in [0.15, 0.2) is 0 Å². The summed E-state index contributed by atoms with van der Waals surface area (Å²) in [6.45, 7) is 3.07. The number of ether oxygens (including phenoxy) is 4. The van der Waals surface area contributed by atoms with Crippen LogP contribution in [0.15, 0.2) is 0 Å². The van der Waals surface area contributed by atoms with Gasteiger partial charge >= 0.3 is 12.2 Å². The number of nitrogens with zero attached hydrogens (tertiary/aromatic N) is 1. The Labute approximate surface area is 261 Å². The van der Waals surface area contributed by atoms with Crippen molar-refractivity contribution in [2.45, 2.75) is 75.2 Å². The van der Waals surface area contributed by atoms with Crippen LogP contribution in [0.5, 0.6) is 0 Å². The number of alkyl carbamates (subject to hydrolysis) is 2. The van der Waals surface area contributed by atoms with E-state index in [0.717, 1.165) is 0 Å². The van der Waals surface area contributed by atoms with E-state index < -0.39 is 92.9 Å². The Morgan fingerprint density at radius 1 is 0.622 bits per heavy atom. The molecule has 0 aromatic carbocycles. The molecule has 8 atom stereocenters. The molecule has 0 aliphatic heterocycles. The maximum atomic E-state index is 12.0. The van der Waals surface area contributed by atoms with Crippen LogP contribution in [0.1, 0.15) is 20.8 Å². The molecule has 19 nitrogen and oxygen atoms in total. The summed E-state index contributed by atoms with van der Waals surface area (Å²) in [5.74, 6) is 0. The van der Waals surface area contributed by atoms with Crippen molar-refractivity contribution in [2.75, 3.05) is 79.0 Å². The Hall–Kier alpha value is -1.98. The standard InChI is InChI=1S/C26H53N3O16/c1-26(2,3)45-25(41)28-5-7-42-8-9-43-10-11-44-24(40)27-4-6-29(12-16(32)20(36)22(38)18(34)14-30)13-17(33)21(37)23(39)19(35)15-31/h16-23,30-39H,4-15H2,1-3H3,(H,27,40)(H,28,41)/t16-,17-,18+,19+,20+,21+,22+,23+/m0/s1. The van der Waals surface area contributed by atoms with Gasteiger partial charge in [-0.1, -0.05) is 0 Å². The van der Waals surface area contributed by atoms with Crippen LogP contribution in [0.4, 0.5) is 9.59 Å². The maximum absolute atomic E-state index is 12.0. The first kappa shape index (κ1) is 43.0. The third kappa shape index (κ3) is 20.0. The first-order chi connectivity index (χ1) is 21.0. The summed E-state index contributed by atoms with van der Waals surface area (Å²) in [6, 6.07) is 0. The molecule has 0 rings (SSSR count). The van der Waals surface area contributed by atoms with E-state index in [0.29, 0.717) is 0 Å². The van der Waals surface area contributed by atoms with Crippen LogP contribution in [0.3, 0.4) is 0 Å². The van der Waals surface area contributed by atoms with Crippen LogP contribution < -0.4 is 10.6 Å². The average molecular weight is 664 g/mol. The van der Waals surface area contributed by atoms with Crippen LogP contribution >= 0.6 is 0 Å². The van der Waals surface area contributed by atoms with E-state index in [2.05, 4.69) is 10.6 Å². The topological polar surface area (TPSA) is 301 Å². The molecule has 0 bridgehead atoms. The van der Waals surface area contributed by atoms with Crippen molar-refractivity contribution in [3.05, 3.63) is 0 Å². The van der Waals surface area contributed by atoms with E-state index >= 15 is 0 Å². The minimum atomic E-state index is -1.93. The molecular weight excluding hydrogens is 610 g/mol. The Kier molecular flexibility index (Phi) is 22.3. The van der Waals surface area contributed by atoms with Crippen molar-refractivity contribution < 1.29 is 79.6 Å². The highest BCUT2D eigenvalue weighted by molar-refractivity contribution is 5.67. The van der Waals surface area contributed by atoms with Crippen LogP contribution in [-0.4, -0.2) is 202 Å². The SMILES string of the molecule is CC(C)(C)OC(=O)NCCOCCOCCOC(=O)NCCN(C[C@H](O)[C@@H](O)[C@H](O)[C@H](O)CO)C[C@H](O)[C@@H](O)[C@H](O)[C@H](O)CO. The molecule has 0 aromatic rings. The molecule has 268 valence electrons. The van der Waals surface area contributed by atoms with E-state index in [1.54, 1.807) is 20.8 Å². The highest BCUT2D eigenvalue weighted by Gasteiger charge is 2.34. The summed E-state index contributed by atoms with van der Waals surface area (Å²) >= 11 is 0. The lowest BCUT2D eigenvalue weighted by atomic mass is 10.0. The monoisotopic (exact) mass is 663 g/mol. The van der Waals surface area contributed by atoms with Crippen molar-refractivity contribution in [1.29, 1.82) is 0 Å². The highest BCUT2D eigenvalue weighted by atomic mass is 16.6. The van der Waals surface area contributed by atoms with E-state index in [1.807, 2.05) is 0 Å². The van der Waals surface area contributed by atoms with Gasteiger partial charge in [0.2, 0.25) is 0 Å². The third-order valence-corrected chi connectivity index (χ3v) is 5.99. The smallest absolute Gasteiger partial charge is 0.407 e. The van der Waals surface area contributed by atoms with E-state index in [-0.39, 0.29) is 52.7 Å². The largest absolute Gasteiger partial charge is 0.447 e. The Morgan fingerprint density at radius 2 is 1.04 bits per heavy atom. The molecule has 0 aliphatic carbocycles. The predicted molar refractivity (Wildman–Crippen MR) is 154 cm³/mol. The molecule has 0 aliphatic rings. The zero-order valence-corrected chi connectivity index (χ0v) is 26.0. The quantitative estimate of drug-likeness (QED) is 0.0429. The molecule has 0 unspecified atom stereocenters. The van der Waals surface area contributed by atoms with Crippen molar-refractivity contribution in [3.63, 3.8) is 0 Å². The number of hydrogen-bond acceptors (Lipinski definition) is 17. The summed E-state index contributed by atoms with van der Waals surface area (Å²) in [7, 11) is 0. The molecule has 0 fully saturated rings. The van der Waals surface area contributed by atoms with Crippen molar-refractivity contribution in [3.8, 4) is 0 Å². The van der Waals surface area contributed by atoms with Gasteiger partial charge in [0.05, 0.1) is 51.8 Å². The number of aliphatic hydroxyl groups excluding tert-OH is 10. The molecule has 2 amide bonds. The van der Waals surface area contributed by atoms with Gasteiger partial charge in [0.1, 0.15) is 48.8 Å². The number of hydrogen-bond donors (Lipinski definition) is 12. The highest BCUT2D eigenvalue weighted by Crippen LogP contribution is 2.11. The van der Waals surface area contributed by atoms with E-state index in [9.17, 15) is 50.4 Å². The molecule has 45 heavy (non-hydrogen) atoms. The summed E-state index contributed by atoms with van der Waals surface area (Å²) in [5.41, 5.74) is -0.600. The van der Waals surface area contributed by atoms with Gasteiger partial charge in [-0.3, -0.25) is 4.90 Å². The van der Waals surface area contributed by atoms with Gasteiger partial charge in [-0.25, -0.2) is 9.59 Å². The van der Waals surface area contributed by atoms with Gasteiger partial charge < -0.3 is 80.6 Å². The van der Waals surface area contributed by atoms with Crippen molar-refractivity contribution >= 4 is 12.2 Å². The maximum Gasteiger partial charge on any atom is 0.407 e. The van der Waals surface area contributed by atoms with Gasteiger partial charge in [-0.15, -0.1) is 0 Å². The lowest BCUT2D eigenvalue weighted by Crippen LogP contribution is -2.54. The van der Waals surface area contributed by atoms with Crippen LogP contribution in [0.25, 0.3) is 0 Å². The van der Waals surface area contributed by atoms with Gasteiger partial charge in [0, 0.05) is 32.7 Å². The molecule has 0 saturated heterocycles. The lowest BCUT2D eigenvalue weighted by molar-refractivity contribution is -0.130. The Bertz CT molecular complexity index is 762. The fraction of sp³-hybridized carbons (Fsp3) is 0.923. The minimum Gasteiger partial charge on any atom is -0.447 e.